The van der Waals surface area contributed by atoms with E-state index in [0.717, 1.165) is 39.5 Å². The lowest BCUT2D eigenvalue weighted by Crippen LogP contribution is -2.37. The van der Waals surface area contributed by atoms with Gasteiger partial charge in [-0.2, -0.15) is 0 Å². The molecular weight excluding hydrogens is 601 g/mol. The molecule has 44 heavy (non-hydrogen) atoms. The van der Waals surface area contributed by atoms with E-state index in [0.29, 0.717) is 17.2 Å². The Labute approximate surface area is 265 Å². The van der Waals surface area contributed by atoms with Gasteiger partial charge in [0.2, 0.25) is 5.01 Å². The predicted octanol–water partition coefficient (Wildman–Crippen LogP) is 5.70. The molecule has 2 amide bonds. The van der Waals surface area contributed by atoms with Gasteiger partial charge in [-0.1, -0.05) is 24.3 Å². The number of aromatic carboxylic acids is 1. The van der Waals surface area contributed by atoms with Gasteiger partial charge in [0.25, 0.3) is 5.91 Å². The van der Waals surface area contributed by atoms with Crippen LogP contribution in [-0.2, 0) is 4.74 Å². The maximum atomic E-state index is 12.2. The van der Waals surface area contributed by atoms with Crippen LogP contribution in [0.25, 0.3) is 22.5 Å². The summed E-state index contributed by atoms with van der Waals surface area (Å²) in [6, 6.07) is 15.8. The molecule has 0 unspecified atom stereocenters. The van der Waals surface area contributed by atoms with Crippen LogP contribution in [0.2, 0.25) is 0 Å². The number of carbonyl (C=O) groups is 3. The lowest BCUT2D eigenvalue weighted by Gasteiger charge is -2.19. The van der Waals surface area contributed by atoms with Gasteiger partial charge in [-0.3, -0.25) is 4.79 Å². The second-order valence-electron chi connectivity index (χ2n) is 11.0. The van der Waals surface area contributed by atoms with Gasteiger partial charge in [0.05, 0.1) is 11.4 Å². The lowest BCUT2D eigenvalue weighted by molar-refractivity contribution is 0.0526. The van der Waals surface area contributed by atoms with Gasteiger partial charge in [-0.15, -0.1) is 22.7 Å². The number of hydrogen-bond donors (Lipinski definition) is 3. The standard InChI is InChI=1S/C19H26N4O3S.C12H12N2O2S/c1-19(2,3)26-18(25)21-10-9-20-16(24)17-22-15(12-27-17)13-7-6-8-14(11-13)23(4)5;1-14(2)9-5-3-4-8(6-9)10-7-17-11(13-10)12(15)16/h6-8,11-12H,9-10H2,1-5H3,(H,20,24)(H,21,25);3-7H,1-2H3,(H,15,16). The van der Waals surface area contributed by atoms with Crippen molar-refractivity contribution in [1.29, 1.82) is 0 Å². The van der Waals surface area contributed by atoms with E-state index >= 15 is 0 Å². The van der Waals surface area contributed by atoms with Gasteiger partial charge in [0, 0.05) is 74.5 Å². The molecule has 0 spiro atoms. The van der Waals surface area contributed by atoms with Crippen LogP contribution in [0, 0.1) is 0 Å². The van der Waals surface area contributed by atoms with Crippen LogP contribution in [-0.4, -0.2) is 79.9 Å². The number of alkyl carbamates (subject to hydrolysis) is 1. The molecule has 11 nitrogen and oxygen atoms in total. The molecule has 13 heteroatoms. The normalized spacial score (nSPS) is 10.7. The average molecular weight is 639 g/mol. The molecule has 0 bridgehead atoms. The van der Waals surface area contributed by atoms with Crippen molar-refractivity contribution < 1.29 is 24.2 Å². The van der Waals surface area contributed by atoms with Crippen LogP contribution < -0.4 is 20.4 Å². The third-order valence-electron chi connectivity index (χ3n) is 5.78. The van der Waals surface area contributed by atoms with Gasteiger partial charge < -0.3 is 30.3 Å². The second kappa shape index (κ2) is 15.3. The van der Waals surface area contributed by atoms with Gasteiger partial charge in [0.15, 0.2) is 5.01 Å². The molecule has 0 aliphatic rings. The molecule has 0 aliphatic carbocycles. The first-order chi connectivity index (χ1) is 20.7. The number of anilines is 2. The first kappa shape index (κ1) is 34.0. The Kier molecular flexibility index (Phi) is 11.8. The fraction of sp³-hybridized carbons (Fsp3) is 0.323. The van der Waals surface area contributed by atoms with Crippen molar-refractivity contribution in [2.24, 2.45) is 0 Å². The molecule has 234 valence electrons. The smallest absolute Gasteiger partial charge is 0.407 e. The zero-order valence-electron chi connectivity index (χ0n) is 25.9. The van der Waals surface area contributed by atoms with Crippen LogP contribution in [0.15, 0.2) is 59.3 Å². The second-order valence-corrected chi connectivity index (χ2v) is 12.7. The Hall–Kier alpha value is -4.49. The molecule has 0 saturated carbocycles. The Bertz CT molecular complexity index is 1580. The number of thiazole rings is 2. The van der Waals surface area contributed by atoms with Crippen LogP contribution in [0.5, 0.6) is 0 Å². The van der Waals surface area contributed by atoms with Crippen molar-refractivity contribution in [3.8, 4) is 22.5 Å². The predicted molar refractivity (Wildman–Crippen MR) is 177 cm³/mol. The van der Waals surface area contributed by atoms with E-state index in [9.17, 15) is 14.4 Å². The number of hydrogen-bond acceptors (Lipinski definition) is 10. The van der Waals surface area contributed by atoms with Gasteiger partial charge >= 0.3 is 12.1 Å². The number of nitrogens with one attached hydrogen (secondary N) is 2. The van der Waals surface area contributed by atoms with E-state index in [2.05, 4.69) is 20.6 Å². The summed E-state index contributed by atoms with van der Waals surface area (Å²) >= 11 is 2.43. The summed E-state index contributed by atoms with van der Waals surface area (Å²) in [5.41, 5.74) is 4.95. The highest BCUT2D eigenvalue weighted by Crippen LogP contribution is 2.26. The zero-order valence-corrected chi connectivity index (χ0v) is 27.5. The molecule has 0 aliphatic heterocycles. The van der Waals surface area contributed by atoms with Crippen LogP contribution in [0.1, 0.15) is 40.4 Å². The summed E-state index contributed by atoms with van der Waals surface area (Å²) in [6.07, 6.45) is -0.506. The molecule has 4 rings (SSSR count). The van der Waals surface area contributed by atoms with E-state index in [1.165, 1.54) is 11.3 Å². The van der Waals surface area contributed by atoms with Crippen LogP contribution >= 0.6 is 22.7 Å². The molecule has 0 saturated heterocycles. The van der Waals surface area contributed by atoms with Crippen molar-refractivity contribution in [2.75, 3.05) is 51.1 Å². The number of carboxylic acid groups (broad SMARTS) is 1. The van der Waals surface area contributed by atoms with Crippen LogP contribution in [0.3, 0.4) is 0 Å². The maximum absolute atomic E-state index is 12.2. The molecule has 2 aromatic heterocycles. The van der Waals surface area contributed by atoms with E-state index in [1.54, 1.807) is 26.2 Å². The van der Waals surface area contributed by atoms with Crippen molar-refractivity contribution in [2.45, 2.75) is 26.4 Å². The molecule has 4 aromatic rings. The minimum absolute atomic E-state index is 0.121. The number of nitrogens with zero attached hydrogens (tertiary/aromatic N) is 4. The van der Waals surface area contributed by atoms with Crippen molar-refractivity contribution in [3.63, 3.8) is 0 Å². The molecule has 2 heterocycles. The number of rotatable bonds is 9. The van der Waals surface area contributed by atoms with Crippen molar-refractivity contribution in [1.82, 2.24) is 20.6 Å². The van der Waals surface area contributed by atoms with Gasteiger partial charge in [0.1, 0.15) is 5.60 Å². The first-order valence-corrected chi connectivity index (χ1v) is 15.4. The molecule has 0 atom stereocenters. The zero-order chi connectivity index (χ0) is 32.4. The topological polar surface area (TPSA) is 137 Å². The fourth-order valence-electron chi connectivity index (χ4n) is 3.63. The number of amides is 2. The molecule has 0 fully saturated rings. The Balaban J connectivity index is 0.000000266. The fourth-order valence-corrected chi connectivity index (χ4v) is 5.04. The molecule has 0 radical (unpaired) electrons. The maximum Gasteiger partial charge on any atom is 0.407 e. The summed E-state index contributed by atoms with van der Waals surface area (Å²) in [7, 11) is 7.88. The number of carboxylic acids is 1. The molecular formula is C31H38N6O5S2. The monoisotopic (exact) mass is 638 g/mol. The highest BCUT2D eigenvalue weighted by Gasteiger charge is 2.16. The minimum Gasteiger partial charge on any atom is -0.476 e. The highest BCUT2D eigenvalue weighted by molar-refractivity contribution is 7.12. The van der Waals surface area contributed by atoms with E-state index in [4.69, 9.17) is 9.84 Å². The number of ether oxygens (including phenoxy) is 1. The third kappa shape index (κ3) is 10.3. The largest absolute Gasteiger partial charge is 0.476 e. The molecule has 2 aromatic carbocycles. The van der Waals surface area contributed by atoms with Crippen molar-refractivity contribution in [3.05, 3.63) is 69.3 Å². The summed E-state index contributed by atoms with van der Waals surface area (Å²) in [6.45, 7) is 5.96. The van der Waals surface area contributed by atoms with E-state index in [-0.39, 0.29) is 17.5 Å². The number of carbonyl (C=O) groups excluding carboxylic acids is 2. The first-order valence-electron chi connectivity index (χ1n) is 13.7. The lowest BCUT2D eigenvalue weighted by atomic mass is 10.1. The Morgan fingerprint density at radius 2 is 1.27 bits per heavy atom. The average Bonchev–Trinajstić information content (AvgIpc) is 3.66. The summed E-state index contributed by atoms with van der Waals surface area (Å²) < 4.78 is 5.13. The summed E-state index contributed by atoms with van der Waals surface area (Å²) in [4.78, 5) is 47.0. The SMILES string of the molecule is CN(C)c1cccc(-c2csc(C(=O)NCCNC(=O)OC(C)(C)C)n2)c1.CN(C)c1cccc(-c2csc(C(=O)O)n2)c1. The Morgan fingerprint density at radius 1 is 0.795 bits per heavy atom. The van der Waals surface area contributed by atoms with Gasteiger partial charge in [-0.25, -0.2) is 19.6 Å². The number of aromatic nitrogens is 2. The van der Waals surface area contributed by atoms with Gasteiger partial charge in [-0.05, 0) is 45.0 Å². The van der Waals surface area contributed by atoms with Crippen LogP contribution in [0.4, 0.5) is 16.2 Å². The van der Waals surface area contributed by atoms with Crippen molar-refractivity contribution >= 4 is 52.0 Å². The third-order valence-corrected chi connectivity index (χ3v) is 7.45. The number of benzene rings is 2. The minimum atomic E-state index is -0.981. The van der Waals surface area contributed by atoms with E-state index < -0.39 is 17.7 Å². The summed E-state index contributed by atoms with van der Waals surface area (Å²) in [5, 5.41) is 18.3. The highest BCUT2D eigenvalue weighted by atomic mass is 32.1. The quantitative estimate of drug-likeness (QED) is 0.197. The van der Waals surface area contributed by atoms with E-state index in [1.807, 2.05) is 91.9 Å². The summed E-state index contributed by atoms with van der Waals surface area (Å²) in [5.74, 6) is -1.24. The Morgan fingerprint density at radius 3 is 1.73 bits per heavy atom. The molecule has 3 N–H and O–H groups in total.